The van der Waals surface area contributed by atoms with Gasteiger partial charge in [0.2, 0.25) is 0 Å². The summed E-state index contributed by atoms with van der Waals surface area (Å²) in [6.45, 7) is 8.68. The fourth-order valence-corrected chi connectivity index (χ4v) is 5.68. The molecule has 7 heteroatoms. The highest BCUT2D eigenvalue weighted by Crippen LogP contribution is 2.13. The fourth-order valence-electron chi connectivity index (χ4n) is 5.68. The van der Waals surface area contributed by atoms with Crippen molar-refractivity contribution >= 4 is 11.9 Å². The predicted octanol–water partition coefficient (Wildman–Crippen LogP) is 9.14. The molecule has 2 N–H and O–H groups in total. The van der Waals surface area contributed by atoms with Crippen LogP contribution in [-0.2, 0) is 19.1 Å². The summed E-state index contributed by atoms with van der Waals surface area (Å²) in [5.74, 6) is -0.332. The largest absolute Gasteiger partial charge is 0.466 e. The second-order valence-electron chi connectivity index (χ2n) is 13.0. The normalized spacial score (nSPS) is 11.4. The zero-order valence-corrected chi connectivity index (χ0v) is 30.1. The first kappa shape index (κ1) is 43.8. The van der Waals surface area contributed by atoms with E-state index in [1.54, 1.807) is 0 Å². The quantitative estimate of drug-likeness (QED) is 0.0517. The van der Waals surface area contributed by atoms with Gasteiger partial charge >= 0.3 is 11.9 Å². The summed E-state index contributed by atoms with van der Waals surface area (Å²) < 4.78 is 11.0. The van der Waals surface area contributed by atoms with Crippen molar-refractivity contribution in [2.24, 2.45) is 0 Å². The Morgan fingerprint density at radius 3 is 1.16 bits per heavy atom. The maximum atomic E-state index is 12.3. The summed E-state index contributed by atoms with van der Waals surface area (Å²) in [5.41, 5.74) is 0. The number of aliphatic hydroxyl groups excluding tert-OH is 1. The lowest BCUT2D eigenvalue weighted by atomic mass is 10.1. The van der Waals surface area contributed by atoms with Gasteiger partial charge in [0, 0.05) is 32.7 Å². The zero-order chi connectivity index (χ0) is 32.9. The number of ether oxygens (including phenoxy) is 2. The van der Waals surface area contributed by atoms with Crippen LogP contribution >= 0.6 is 0 Å². The lowest BCUT2D eigenvalue weighted by Crippen LogP contribution is -2.36. The number of esters is 2. The van der Waals surface area contributed by atoms with E-state index in [2.05, 4.69) is 24.1 Å². The van der Waals surface area contributed by atoms with E-state index >= 15 is 0 Å². The highest BCUT2D eigenvalue weighted by Gasteiger charge is 2.12. The van der Waals surface area contributed by atoms with Crippen LogP contribution in [0, 0.1) is 0 Å². The predicted molar refractivity (Wildman–Crippen MR) is 190 cm³/mol. The third-order valence-electron chi connectivity index (χ3n) is 8.68. The summed E-state index contributed by atoms with van der Waals surface area (Å²) >= 11 is 0. The number of aliphatic hydroxyl groups is 1. The number of unbranched alkanes of at least 4 members (excludes halogenated alkanes) is 22. The number of carbonyl (C=O) groups excluding carboxylic acids is 2. The topological polar surface area (TPSA) is 88.1 Å². The second kappa shape index (κ2) is 37.3. The summed E-state index contributed by atoms with van der Waals surface area (Å²) in [7, 11) is 0. The van der Waals surface area contributed by atoms with Gasteiger partial charge in [0.05, 0.1) is 32.7 Å². The molecule has 0 spiro atoms. The van der Waals surface area contributed by atoms with E-state index in [4.69, 9.17) is 14.6 Å². The zero-order valence-electron chi connectivity index (χ0n) is 30.1. The molecule has 45 heavy (non-hydrogen) atoms. The van der Waals surface area contributed by atoms with Gasteiger partial charge in [0.25, 0.3) is 0 Å². The van der Waals surface area contributed by atoms with Crippen molar-refractivity contribution in [1.29, 1.82) is 0 Å². The van der Waals surface area contributed by atoms with Crippen LogP contribution in [0.5, 0.6) is 0 Å². The molecule has 0 bridgehead atoms. The van der Waals surface area contributed by atoms with Gasteiger partial charge in [-0.05, 0) is 12.8 Å². The van der Waals surface area contributed by atoms with E-state index in [0.717, 1.165) is 25.7 Å². The van der Waals surface area contributed by atoms with Crippen molar-refractivity contribution < 1.29 is 24.2 Å². The van der Waals surface area contributed by atoms with E-state index in [0.29, 0.717) is 58.8 Å². The van der Waals surface area contributed by atoms with Crippen LogP contribution < -0.4 is 5.32 Å². The Labute approximate surface area is 279 Å². The number of nitrogens with zero attached hydrogens (tertiary/aromatic N) is 1. The average Bonchev–Trinajstić information content (AvgIpc) is 3.04. The third-order valence-corrected chi connectivity index (χ3v) is 8.68. The number of hydrogen-bond donors (Lipinski definition) is 2. The van der Waals surface area contributed by atoms with Crippen molar-refractivity contribution in [3.05, 3.63) is 0 Å². The smallest absolute Gasteiger partial charge is 0.307 e. The standard InChI is InChI=1S/C38H76N2O5/c1-3-5-7-9-11-13-15-17-19-21-23-25-35-44-37(42)27-31-40(33-29-39-30-34-41)32-28-38(43)45-36-26-24-22-20-18-16-14-12-10-8-6-4-2/h39,41H,3-36H2,1-2H3. The molecule has 7 nitrogen and oxygen atoms in total. The molecule has 0 unspecified atom stereocenters. The Kier molecular flexibility index (Phi) is 36.3. The lowest BCUT2D eigenvalue weighted by Gasteiger charge is -2.21. The molecule has 0 rings (SSSR count). The highest BCUT2D eigenvalue weighted by atomic mass is 16.5. The van der Waals surface area contributed by atoms with Crippen molar-refractivity contribution in [3.8, 4) is 0 Å². The van der Waals surface area contributed by atoms with Crippen LogP contribution in [-0.4, -0.2) is 74.5 Å². The van der Waals surface area contributed by atoms with Gasteiger partial charge in [0.15, 0.2) is 0 Å². The third kappa shape index (κ3) is 35.5. The van der Waals surface area contributed by atoms with Crippen LogP contribution in [0.2, 0.25) is 0 Å². The van der Waals surface area contributed by atoms with Crippen LogP contribution in [0.15, 0.2) is 0 Å². The molecule has 0 heterocycles. The first-order chi connectivity index (χ1) is 22.1. The van der Waals surface area contributed by atoms with Crippen molar-refractivity contribution in [3.63, 3.8) is 0 Å². The molecule has 0 amide bonds. The minimum absolute atomic E-state index is 0.0941. The SMILES string of the molecule is CCCCCCCCCCCCCCOC(=O)CCN(CCNCCO)CCC(=O)OCCCCCCCCCCCCCC. The molecule has 0 saturated heterocycles. The van der Waals surface area contributed by atoms with Crippen LogP contribution in [0.25, 0.3) is 0 Å². The molecule has 268 valence electrons. The molecule has 0 fully saturated rings. The van der Waals surface area contributed by atoms with Crippen LogP contribution in [0.4, 0.5) is 0 Å². The first-order valence-corrected chi connectivity index (χ1v) is 19.5. The Morgan fingerprint density at radius 2 is 0.822 bits per heavy atom. The van der Waals surface area contributed by atoms with Gasteiger partial charge in [-0.2, -0.15) is 0 Å². The summed E-state index contributed by atoms with van der Waals surface area (Å²) in [6.07, 6.45) is 31.6. The minimum Gasteiger partial charge on any atom is -0.466 e. The molecule has 0 aromatic carbocycles. The van der Waals surface area contributed by atoms with E-state index in [9.17, 15) is 9.59 Å². The van der Waals surface area contributed by atoms with Gasteiger partial charge in [-0.3, -0.25) is 9.59 Å². The number of rotatable bonds is 37. The molecule has 0 aliphatic carbocycles. The van der Waals surface area contributed by atoms with Crippen LogP contribution in [0.3, 0.4) is 0 Å². The number of carbonyl (C=O) groups is 2. The van der Waals surface area contributed by atoms with Gasteiger partial charge in [-0.1, -0.05) is 155 Å². The lowest BCUT2D eigenvalue weighted by molar-refractivity contribution is -0.144. The van der Waals surface area contributed by atoms with E-state index in [1.807, 2.05) is 0 Å². The van der Waals surface area contributed by atoms with E-state index < -0.39 is 0 Å². The fraction of sp³-hybridized carbons (Fsp3) is 0.947. The molecule has 0 aromatic heterocycles. The minimum atomic E-state index is -0.166. The van der Waals surface area contributed by atoms with Gasteiger partial charge < -0.3 is 24.8 Å². The molecule has 0 radical (unpaired) electrons. The van der Waals surface area contributed by atoms with Crippen LogP contribution in [0.1, 0.15) is 181 Å². The highest BCUT2D eigenvalue weighted by molar-refractivity contribution is 5.70. The molecule has 0 saturated carbocycles. The van der Waals surface area contributed by atoms with Gasteiger partial charge in [-0.25, -0.2) is 0 Å². The van der Waals surface area contributed by atoms with Crippen molar-refractivity contribution in [2.75, 3.05) is 52.5 Å². The van der Waals surface area contributed by atoms with Gasteiger partial charge in [-0.15, -0.1) is 0 Å². The Balaban J connectivity index is 3.87. The maximum absolute atomic E-state index is 12.3. The monoisotopic (exact) mass is 641 g/mol. The number of nitrogens with one attached hydrogen (secondary N) is 1. The van der Waals surface area contributed by atoms with E-state index in [1.165, 1.54) is 128 Å². The Hall–Kier alpha value is -1.18. The summed E-state index contributed by atoms with van der Waals surface area (Å²) in [6, 6.07) is 0. The molecular weight excluding hydrogens is 564 g/mol. The molecule has 0 atom stereocenters. The molecule has 0 aromatic rings. The molecular formula is C38H76N2O5. The van der Waals surface area contributed by atoms with Gasteiger partial charge in [0.1, 0.15) is 0 Å². The summed E-state index contributed by atoms with van der Waals surface area (Å²) in [5, 5.41) is 12.2. The first-order valence-electron chi connectivity index (χ1n) is 19.5. The molecule has 0 aliphatic heterocycles. The van der Waals surface area contributed by atoms with Crippen molar-refractivity contribution in [2.45, 2.75) is 181 Å². The molecule has 0 aliphatic rings. The second-order valence-corrected chi connectivity index (χ2v) is 13.0. The average molecular weight is 641 g/mol. The Bertz CT molecular complexity index is 573. The number of hydrogen-bond acceptors (Lipinski definition) is 7. The van der Waals surface area contributed by atoms with E-state index in [-0.39, 0.29) is 18.5 Å². The summed E-state index contributed by atoms with van der Waals surface area (Å²) in [4.78, 5) is 26.8. The maximum Gasteiger partial charge on any atom is 0.307 e. The van der Waals surface area contributed by atoms with Crippen molar-refractivity contribution in [1.82, 2.24) is 10.2 Å². The Morgan fingerprint density at radius 1 is 0.489 bits per heavy atom.